The predicted octanol–water partition coefficient (Wildman–Crippen LogP) is 5.08. The number of halogens is 2. The minimum absolute atomic E-state index is 0.0139. The van der Waals surface area contributed by atoms with Gasteiger partial charge in [-0.3, -0.25) is 4.79 Å². The summed E-state index contributed by atoms with van der Waals surface area (Å²) in [6.07, 6.45) is 0. The zero-order valence-corrected chi connectivity index (χ0v) is 19.4. The number of anilines is 6. The molecule has 0 aliphatic rings. The average Bonchev–Trinajstić information content (AvgIpc) is 2.87. The Hall–Kier alpha value is -4.80. The number of amides is 1. The maximum atomic E-state index is 14.2. The number of para-hydroxylation sites is 2. The molecule has 0 unspecified atom stereocenters. The second-order valence-electron chi connectivity index (χ2n) is 7.60. The molecule has 0 bridgehead atoms. The van der Waals surface area contributed by atoms with Gasteiger partial charge in [0.05, 0.1) is 18.5 Å². The van der Waals surface area contributed by atoms with Crippen LogP contribution in [0.1, 0.15) is 6.92 Å². The Kier molecular flexibility index (Phi) is 7.49. The number of hydrogen-bond acceptors (Lipinski definition) is 8. The summed E-state index contributed by atoms with van der Waals surface area (Å²) in [6, 6.07) is 18.1. The highest BCUT2D eigenvalue weighted by Gasteiger charge is 2.17. The molecule has 0 fully saturated rings. The van der Waals surface area contributed by atoms with E-state index < -0.39 is 17.7 Å². The molecule has 3 aromatic carbocycles. The SMILES string of the molecule is COc1ccc(NC(=O)[C@@H](C)Nc2nc(Nc3ccccc3F)nc(Nc3ccccc3F)n2)cc1. The molecule has 0 saturated carbocycles. The Bertz CT molecular complexity index is 1290. The van der Waals surface area contributed by atoms with E-state index in [0.29, 0.717) is 11.4 Å². The second-order valence-corrected chi connectivity index (χ2v) is 7.60. The first kappa shape index (κ1) is 24.3. The third-order valence-corrected chi connectivity index (χ3v) is 4.97. The zero-order valence-electron chi connectivity index (χ0n) is 19.4. The molecule has 9 nitrogen and oxygen atoms in total. The molecule has 0 aliphatic carbocycles. The molecule has 1 atom stereocenters. The monoisotopic (exact) mass is 491 g/mol. The lowest BCUT2D eigenvalue weighted by Gasteiger charge is -2.16. The van der Waals surface area contributed by atoms with Crippen molar-refractivity contribution in [2.45, 2.75) is 13.0 Å². The van der Waals surface area contributed by atoms with Crippen LogP contribution < -0.4 is 26.0 Å². The van der Waals surface area contributed by atoms with Crippen LogP contribution in [0.2, 0.25) is 0 Å². The number of benzene rings is 3. The van der Waals surface area contributed by atoms with Crippen molar-refractivity contribution in [3.05, 3.63) is 84.4 Å². The molecule has 184 valence electrons. The molecule has 0 spiro atoms. The lowest BCUT2D eigenvalue weighted by molar-refractivity contribution is -0.116. The van der Waals surface area contributed by atoms with Crippen molar-refractivity contribution in [2.24, 2.45) is 0 Å². The van der Waals surface area contributed by atoms with Gasteiger partial charge in [0, 0.05) is 5.69 Å². The number of hydrogen-bond donors (Lipinski definition) is 4. The standard InChI is InChI=1S/C25H23F2N7O2/c1-15(22(35)29-16-11-13-17(36-2)14-12-16)28-23-32-24(30-20-9-5-3-7-18(20)26)34-25(33-23)31-21-10-6-4-8-19(21)27/h3-15H,1-2H3,(H,29,35)(H3,28,30,31,32,33,34)/t15-/m1/s1. The van der Waals surface area contributed by atoms with Crippen molar-refractivity contribution in [2.75, 3.05) is 28.4 Å². The first-order chi connectivity index (χ1) is 17.4. The molecule has 36 heavy (non-hydrogen) atoms. The first-order valence-corrected chi connectivity index (χ1v) is 10.9. The van der Waals surface area contributed by atoms with Gasteiger partial charge in [-0.25, -0.2) is 8.78 Å². The van der Waals surface area contributed by atoms with E-state index in [-0.39, 0.29) is 35.1 Å². The van der Waals surface area contributed by atoms with Gasteiger partial charge in [0.2, 0.25) is 23.8 Å². The topological polar surface area (TPSA) is 113 Å². The van der Waals surface area contributed by atoms with Crippen LogP contribution in [0.15, 0.2) is 72.8 Å². The van der Waals surface area contributed by atoms with E-state index in [1.807, 2.05) is 0 Å². The Balaban J connectivity index is 1.56. The molecular weight excluding hydrogens is 468 g/mol. The summed E-state index contributed by atoms with van der Waals surface area (Å²) in [5, 5.41) is 11.2. The van der Waals surface area contributed by atoms with Crippen LogP contribution >= 0.6 is 0 Å². The van der Waals surface area contributed by atoms with Gasteiger partial charge < -0.3 is 26.0 Å². The summed E-state index contributed by atoms with van der Waals surface area (Å²) in [4.78, 5) is 25.4. The van der Waals surface area contributed by atoms with E-state index in [1.165, 1.54) is 24.3 Å². The number of aromatic nitrogens is 3. The summed E-state index contributed by atoms with van der Waals surface area (Å²) in [7, 11) is 1.55. The minimum Gasteiger partial charge on any atom is -0.497 e. The molecule has 1 amide bonds. The fourth-order valence-electron chi connectivity index (χ4n) is 3.10. The van der Waals surface area contributed by atoms with Crippen LogP contribution in [0, 0.1) is 11.6 Å². The maximum Gasteiger partial charge on any atom is 0.246 e. The Morgan fingerprint density at radius 1 is 0.778 bits per heavy atom. The van der Waals surface area contributed by atoms with E-state index in [1.54, 1.807) is 62.6 Å². The van der Waals surface area contributed by atoms with Crippen molar-refractivity contribution in [1.82, 2.24) is 15.0 Å². The molecule has 11 heteroatoms. The number of carbonyl (C=O) groups excluding carboxylic acids is 1. The fourth-order valence-corrected chi connectivity index (χ4v) is 3.10. The van der Waals surface area contributed by atoms with Crippen molar-refractivity contribution in [3.63, 3.8) is 0 Å². The molecule has 0 radical (unpaired) electrons. The van der Waals surface area contributed by atoms with Gasteiger partial charge in [0.15, 0.2) is 0 Å². The summed E-state index contributed by atoms with van der Waals surface area (Å²) < 4.78 is 33.5. The lowest BCUT2D eigenvalue weighted by Crippen LogP contribution is -2.32. The van der Waals surface area contributed by atoms with Gasteiger partial charge in [-0.15, -0.1) is 0 Å². The molecule has 1 heterocycles. The van der Waals surface area contributed by atoms with Crippen molar-refractivity contribution in [1.29, 1.82) is 0 Å². The molecule has 4 rings (SSSR count). The molecular formula is C25H23F2N7O2. The second kappa shape index (κ2) is 11.1. The summed E-state index contributed by atoms with van der Waals surface area (Å²) in [5.41, 5.74) is 0.850. The van der Waals surface area contributed by atoms with E-state index in [2.05, 4.69) is 36.2 Å². The molecule has 4 aromatic rings. The lowest BCUT2D eigenvalue weighted by atomic mass is 10.2. The largest absolute Gasteiger partial charge is 0.497 e. The van der Waals surface area contributed by atoms with E-state index in [4.69, 9.17) is 4.74 Å². The summed E-state index contributed by atoms with van der Waals surface area (Å²) >= 11 is 0. The fraction of sp³-hybridized carbons (Fsp3) is 0.120. The average molecular weight is 492 g/mol. The third kappa shape index (κ3) is 6.20. The third-order valence-electron chi connectivity index (χ3n) is 4.97. The predicted molar refractivity (Wildman–Crippen MR) is 134 cm³/mol. The number of rotatable bonds is 9. The van der Waals surface area contributed by atoms with E-state index in [9.17, 15) is 13.6 Å². The first-order valence-electron chi connectivity index (χ1n) is 10.9. The van der Waals surface area contributed by atoms with Crippen molar-refractivity contribution in [3.8, 4) is 5.75 Å². The maximum absolute atomic E-state index is 14.2. The van der Waals surface area contributed by atoms with Crippen molar-refractivity contribution >= 4 is 40.8 Å². The van der Waals surface area contributed by atoms with Crippen LogP contribution in [0.5, 0.6) is 5.75 Å². The molecule has 4 N–H and O–H groups in total. The van der Waals surface area contributed by atoms with E-state index >= 15 is 0 Å². The van der Waals surface area contributed by atoms with Gasteiger partial charge in [-0.2, -0.15) is 15.0 Å². The van der Waals surface area contributed by atoms with E-state index in [0.717, 1.165) is 0 Å². The van der Waals surface area contributed by atoms with Gasteiger partial charge in [-0.05, 0) is 55.5 Å². The van der Waals surface area contributed by atoms with Crippen LogP contribution in [0.4, 0.5) is 43.7 Å². The molecule has 1 aromatic heterocycles. The smallest absolute Gasteiger partial charge is 0.246 e. The summed E-state index contributed by atoms with van der Waals surface area (Å²) in [6.45, 7) is 1.62. The number of carbonyl (C=O) groups is 1. The molecule has 0 saturated heterocycles. The number of nitrogens with one attached hydrogen (secondary N) is 4. The Morgan fingerprint density at radius 3 is 1.78 bits per heavy atom. The minimum atomic E-state index is -0.767. The van der Waals surface area contributed by atoms with Crippen molar-refractivity contribution < 1.29 is 18.3 Å². The highest BCUT2D eigenvalue weighted by atomic mass is 19.1. The Morgan fingerprint density at radius 2 is 1.28 bits per heavy atom. The van der Waals surface area contributed by atoms with Crippen LogP contribution in [-0.4, -0.2) is 34.0 Å². The van der Waals surface area contributed by atoms with Crippen LogP contribution in [0.3, 0.4) is 0 Å². The normalized spacial score (nSPS) is 11.3. The number of ether oxygens (including phenoxy) is 1. The van der Waals surface area contributed by atoms with Crippen LogP contribution in [0.25, 0.3) is 0 Å². The van der Waals surface area contributed by atoms with Gasteiger partial charge in [0.1, 0.15) is 23.4 Å². The Labute approximate surface area is 206 Å². The summed E-state index contributed by atoms with van der Waals surface area (Å²) in [5.74, 6) is -0.730. The van der Waals surface area contributed by atoms with Gasteiger partial charge in [-0.1, -0.05) is 24.3 Å². The zero-order chi connectivity index (χ0) is 25.5. The number of nitrogens with zero attached hydrogens (tertiary/aromatic N) is 3. The van der Waals surface area contributed by atoms with Crippen LogP contribution in [-0.2, 0) is 4.79 Å². The highest BCUT2D eigenvalue weighted by molar-refractivity contribution is 5.96. The van der Waals surface area contributed by atoms with Gasteiger partial charge in [0.25, 0.3) is 0 Å². The molecule has 0 aliphatic heterocycles. The number of methoxy groups -OCH3 is 1. The van der Waals surface area contributed by atoms with Gasteiger partial charge >= 0.3 is 0 Å². The quantitative estimate of drug-likeness (QED) is 0.256. The highest BCUT2D eigenvalue weighted by Crippen LogP contribution is 2.22.